The Labute approximate surface area is 276 Å². The van der Waals surface area contributed by atoms with Crippen LogP contribution in [0.3, 0.4) is 0 Å². The van der Waals surface area contributed by atoms with E-state index in [9.17, 15) is 24.0 Å². The highest BCUT2D eigenvalue weighted by Crippen LogP contribution is 2.65. The molecular weight excluding hydrogens is 602 g/mol. The minimum absolute atomic E-state index is 0.0145. The van der Waals surface area contributed by atoms with Crippen LogP contribution in [0.15, 0.2) is 17.5 Å². The number of piperidine rings is 1. The van der Waals surface area contributed by atoms with Gasteiger partial charge in [0, 0.05) is 23.4 Å². The molecule has 6 rings (SSSR count). The second kappa shape index (κ2) is 13.3. The Kier molecular flexibility index (Phi) is 9.52. The molecule has 4 saturated carbocycles. The summed E-state index contributed by atoms with van der Waals surface area (Å²) < 4.78 is 0. The van der Waals surface area contributed by atoms with E-state index in [4.69, 9.17) is 5.73 Å². The quantitative estimate of drug-likeness (QED) is 0.251. The molecule has 1 aromatic rings. The highest BCUT2D eigenvalue weighted by atomic mass is 32.1. The van der Waals surface area contributed by atoms with E-state index >= 15 is 0 Å². The number of amides is 5. The van der Waals surface area contributed by atoms with Crippen LogP contribution in [0.4, 0.5) is 4.79 Å². The summed E-state index contributed by atoms with van der Waals surface area (Å²) in [6.45, 7) is 4.66. The van der Waals surface area contributed by atoms with Gasteiger partial charge < -0.3 is 26.6 Å². The molecule has 1 unspecified atom stereocenters. The lowest BCUT2D eigenvalue weighted by molar-refractivity contribution is -0.144. The maximum absolute atomic E-state index is 14.6. The first-order valence-corrected chi connectivity index (χ1v) is 18.4. The number of thiophene rings is 1. The Morgan fingerprint density at radius 1 is 0.978 bits per heavy atom. The topological polar surface area (TPSA) is 151 Å². The molecule has 5 aliphatic rings. The zero-order valence-corrected chi connectivity index (χ0v) is 28.2. The molecule has 0 bridgehead atoms. The standard InChI is InChI=1S/C35H51N5O5S/c1-34(2)24-20-40(28(26(24)34)31(43)37-25(18-21-13-14-21)29(41)30(36)42)32(44)27(22-10-5-3-6-11-22)38-33(45)39-35(15-7-4-8-16-35)19-23-12-9-17-46-23/h9,12,17,21-22,24-28H,3-8,10-11,13-16,18-20H2,1-2H3,(H2,36,42)(H,37,43)(H2,38,39,45)/t24-,25?,26-,27-,28-/m0/s1. The molecule has 0 aromatic carbocycles. The van der Waals surface area contributed by atoms with Crippen LogP contribution >= 0.6 is 11.3 Å². The zero-order chi connectivity index (χ0) is 32.6. The summed E-state index contributed by atoms with van der Waals surface area (Å²) >= 11 is 1.70. The summed E-state index contributed by atoms with van der Waals surface area (Å²) in [5.74, 6) is -2.11. The van der Waals surface area contributed by atoms with Crippen LogP contribution in [0.2, 0.25) is 0 Å². The number of primary amides is 1. The summed E-state index contributed by atoms with van der Waals surface area (Å²) in [6, 6.07) is 1.35. The van der Waals surface area contributed by atoms with Crippen LogP contribution in [-0.2, 0) is 25.6 Å². The van der Waals surface area contributed by atoms with Crippen LogP contribution < -0.4 is 21.7 Å². The first kappa shape index (κ1) is 33.0. The van der Waals surface area contributed by atoms with Crippen molar-refractivity contribution in [3.63, 3.8) is 0 Å². The van der Waals surface area contributed by atoms with Gasteiger partial charge in [-0.2, -0.15) is 0 Å². The van der Waals surface area contributed by atoms with Gasteiger partial charge in [0.25, 0.3) is 5.91 Å². The number of carbonyl (C=O) groups excluding carboxylic acids is 5. The third-order valence-corrected chi connectivity index (χ3v) is 12.7. The number of nitrogens with one attached hydrogen (secondary N) is 3. The van der Waals surface area contributed by atoms with Gasteiger partial charge in [0.1, 0.15) is 12.1 Å². The Morgan fingerprint density at radius 3 is 2.30 bits per heavy atom. The Morgan fingerprint density at radius 2 is 1.67 bits per heavy atom. The van der Waals surface area contributed by atoms with Crippen LogP contribution in [0.5, 0.6) is 0 Å². The number of rotatable bonds is 12. The number of urea groups is 1. The van der Waals surface area contributed by atoms with Gasteiger partial charge in [-0.15, -0.1) is 11.3 Å². The number of fused-ring (bicyclic) bond motifs is 1. The van der Waals surface area contributed by atoms with Crippen molar-refractivity contribution in [3.05, 3.63) is 22.4 Å². The minimum Gasteiger partial charge on any atom is -0.363 e. The van der Waals surface area contributed by atoms with E-state index in [0.717, 1.165) is 83.5 Å². The van der Waals surface area contributed by atoms with Gasteiger partial charge in [0.2, 0.25) is 17.6 Å². The third-order valence-electron chi connectivity index (χ3n) is 11.9. The smallest absolute Gasteiger partial charge is 0.315 e. The SMILES string of the molecule is CC1(C)[C@@H]2[C@@H](C(=O)NC(CC3CC3)C(=O)C(N)=O)N(C(=O)[C@@H](NC(=O)NC3(Cc4cccs4)CCCCC3)C3CCCCC3)C[C@@H]21. The van der Waals surface area contributed by atoms with Crippen LogP contribution in [0.25, 0.3) is 0 Å². The molecule has 11 heteroatoms. The van der Waals surface area contributed by atoms with E-state index in [0.29, 0.717) is 13.0 Å². The summed E-state index contributed by atoms with van der Waals surface area (Å²) in [5.41, 5.74) is 4.87. The Hall–Kier alpha value is -2.95. The fourth-order valence-electron chi connectivity index (χ4n) is 8.93. The van der Waals surface area contributed by atoms with Crippen molar-refractivity contribution < 1.29 is 24.0 Å². The van der Waals surface area contributed by atoms with Crippen molar-refractivity contribution in [2.24, 2.45) is 34.8 Å². The Bertz CT molecular complexity index is 1310. The predicted octanol–water partition coefficient (Wildman–Crippen LogP) is 4.06. The lowest BCUT2D eigenvalue weighted by atomic mass is 9.79. The first-order valence-electron chi connectivity index (χ1n) is 17.5. The van der Waals surface area contributed by atoms with Gasteiger partial charge in [-0.3, -0.25) is 19.2 Å². The number of likely N-dealkylation sites (tertiary alicyclic amines) is 1. The lowest BCUT2D eigenvalue weighted by Gasteiger charge is -2.40. The molecule has 5 N–H and O–H groups in total. The van der Waals surface area contributed by atoms with Gasteiger partial charge in [0.05, 0.1) is 6.04 Å². The largest absolute Gasteiger partial charge is 0.363 e. The first-order chi connectivity index (χ1) is 22.0. The van der Waals surface area contributed by atoms with E-state index in [-0.39, 0.29) is 46.6 Å². The monoisotopic (exact) mass is 653 g/mol. The van der Waals surface area contributed by atoms with E-state index in [1.54, 1.807) is 16.2 Å². The van der Waals surface area contributed by atoms with E-state index in [1.807, 2.05) is 6.07 Å². The Balaban J connectivity index is 1.21. The van der Waals surface area contributed by atoms with Gasteiger partial charge in [0.15, 0.2) is 0 Å². The molecule has 5 fully saturated rings. The second-order valence-corrected chi connectivity index (χ2v) is 16.5. The number of carbonyl (C=O) groups is 5. The molecule has 0 radical (unpaired) electrons. The van der Waals surface area contributed by atoms with Crippen LogP contribution in [0.1, 0.15) is 102 Å². The van der Waals surface area contributed by atoms with Gasteiger partial charge in [-0.1, -0.05) is 71.3 Å². The average Bonchev–Trinajstić information content (AvgIpc) is 3.75. The van der Waals surface area contributed by atoms with Gasteiger partial charge >= 0.3 is 6.03 Å². The minimum atomic E-state index is -1.06. The van der Waals surface area contributed by atoms with Gasteiger partial charge in [-0.05, 0) is 72.6 Å². The van der Waals surface area contributed by atoms with Crippen molar-refractivity contribution >= 4 is 40.9 Å². The van der Waals surface area contributed by atoms with Crippen molar-refractivity contribution in [2.45, 2.75) is 127 Å². The molecule has 10 nitrogen and oxygen atoms in total. The maximum Gasteiger partial charge on any atom is 0.315 e. The van der Waals surface area contributed by atoms with Crippen LogP contribution in [0, 0.1) is 29.1 Å². The molecule has 46 heavy (non-hydrogen) atoms. The van der Waals surface area contributed by atoms with Crippen molar-refractivity contribution in [2.75, 3.05) is 6.54 Å². The van der Waals surface area contributed by atoms with E-state index in [2.05, 4.69) is 41.2 Å². The molecule has 1 saturated heterocycles. The molecule has 5 amide bonds. The molecule has 4 aliphatic carbocycles. The number of Topliss-reactive ketones (excluding diaryl/α,β-unsaturated/α-hetero) is 1. The summed E-state index contributed by atoms with van der Waals surface area (Å²) in [6.07, 6.45) is 12.9. The molecule has 1 aromatic heterocycles. The lowest BCUT2D eigenvalue weighted by Crippen LogP contribution is -2.62. The number of nitrogens with zero attached hydrogens (tertiary/aromatic N) is 1. The van der Waals surface area contributed by atoms with Gasteiger partial charge in [-0.25, -0.2) is 4.79 Å². The fourth-order valence-corrected chi connectivity index (χ4v) is 9.78. The van der Waals surface area contributed by atoms with Crippen molar-refractivity contribution in [3.8, 4) is 0 Å². The molecule has 1 aliphatic heterocycles. The summed E-state index contributed by atoms with van der Waals surface area (Å²) in [5, 5.41) is 11.4. The van der Waals surface area contributed by atoms with Crippen LogP contribution in [-0.4, -0.2) is 64.6 Å². The average molecular weight is 654 g/mol. The van der Waals surface area contributed by atoms with E-state index in [1.165, 1.54) is 4.88 Å². The second-order valence-electron chi connectivity index (χ2n) is 15.4. The predicted molar refractivity (Wildman–Crippen MR) is 176 cm³/mol. The van der Waals surface area contributed by atoms with E-state index < -0.39 is 35.7 Å². The number of hydrogen-bond acceptors (Lipinski definition) is 6. The molecule has 5 atom stereocenters. The molecule has 252 valence electrons. The number of ketones is 1. The number of nitrogens with two attached hydrogens (primary N) is 1. The normalized spacial score (nSPS) is 28.0. The third kappa shape index (κ3) is 6.99. The highest BCUT2D eigenvalue weighted by molar-refractivity contribution is 7.09. The fraction of sp³-hybridized carbons (Fsp3) is 0.743. The summed E-state index contributed by atoms with van der Waals surface area (Å²) in [7, 11) is 0. The highest BCUT2D eigenvalue weighted by Gasteiger charge is 2.69. The molecule has 2 heterocycles. The molecule has 0 spiro atoms. The van der Waals surface area contributed by atoms with Crippen molar-refractivity contribution in [1.82, 2.24) is 20.9 Å². The number of hydrogen-bond donors (Lipinski definition) is 4. The zero-order valence-electron chi connectivity index (χ0n) is 27.4. The maximum atomic E-state index is 14.6. The van der Waals surface area contributed by atoms with Crippen molar-refractivity contribution in [1.29, 1.82) is 0 Å². The summed E-state index contributed by atoms with van der Waals surface area (Å²) in [4.78, 5) is 69.9. The molecular formula is C35H51N5O5S.